The molecule has 6 heteroatoms. The smallest absolute Gasteiger partial charge is 0.172 e. The van der Waals surface area contributed by atoms with E-state index < -0.39 is 10.8 Å². The first kappa shape index (κ1) is 14.8. The number of phenols is 1. The van der Waals surface area contributed by atoms with E-state index in [4.69, 9.17) is 4.74 Å². The van der Waals surface area contributed by atoms with Gasteiger partial charge in [-0.1, -0.05) is 0 Å². The van der Waals surface area contributed by atoms with Gasteiger partial charge in [0.25, 0.3) is 0 Å². The van der Waals surface area contributed by atoms with E-state index in [1.807, 2.05) is 12.1 Å². The maximum Gasteiger partial charge on any atom is 0.172 e. The average molecular weight is 348 g/mol. The molecule has 1 saturated heterocycles. The molecule has 0 spiro atoms. The molecule has 0 unspecified atom stereocenters. The molecule has 2 N–H and O–H groups in total. The zero-order chi connectivity index (χ0) is 13.8. The summed E-state index contributed by atoms with van der Waals surface area (Å²) in [6.45, 7) is 0.715. The average Bonchev–Trinajstić information content (AvgIpc) is 2.41. The van der Waals surface area contributed by atoms with Crippen LogP contribution in [-0.2, 0) is 17.3 Å². The van der Waals surface area contributed by atoms with E-state index >= 15 is 0 Å². The highest BCUT2D eigenvalue weighted by molar-refractivity contribution is 9.10. The summed E-state index contributed by atoms with van der Waals surface area (Å²) in [4.78, 5) is 0. The molecule has 1 aliphatic rings. The number of phenolic OH excluding ortho intramolecular Hbond substituents is 1. The number of halogens is 1. The fraction of sp³-hybridized carbons (Fsp3) is 0.538. The third-order valence-corrected chi connectivity index (χ3v) is 5.28. The second kappa shape index (κ2) is 6.72. The summed E-state index contributed by atoms with van der Waals surface area (Å²) in [7, 11) is 0.915. The number of benzene rings is 1. The van der Waals surface area contributed by atoms with Crippen molar-refractivity contribution in [1.82, 2.24) is 5.32 Å². The van der Waals surface area contributed by atoms with Crippen LogP contribution in [0.3, 0.4) is 0 Å². The molecule has 0 aromatic heterocycles. The lowest BCUT2D eigenvalue weighted by atomic mass is 10.1. The van der Waals surface area contributed by atoms with Crippen LogP contribution in [0.4, 0.5) is 0 Å². The first-order valence-electron chi connectivity index (χ1n) is 6.24. The summed E-state index contributed by atoms with van der Waals surface area (Å²) < 4.78 is 17.0. The first-order chi connectivity index (χ1) is 9.10. The van der Waals surface area contributed by atoms with Crippen LogP contribution < -0.4 is 10.1 Å². The van der Waals surface area contributed by atoms with Crippen LogP contribution in [0.2, 0.25) is 0 Å². The Labute approximate surface area is 124 Å². The monoisotopic (exact) mass is 347 g/mol. The van der Waals surface area contributed by atoms with Gasteiger partial charge in [-0.15, -0.1) is 0 Å². The molecule has 0 bridgehead atoms. The summed E-state index contributed by atoms with van der Waals surface area (Å²) in [5.41, 5.74) is 1.05. The molecule has 1 heterocycles. The molecule has 19 heavy (non-hydrogen) atoms. The number of rotatable bonds is 4. The van der Waals surface area contributed by atoms with E-state index in [9.17, 15) is 9.32 Å². The molecule has 1 aliphatic heterocycles. The number of hydrogen-bond acceptors (Lipinski definition) is 4. The Morgan fingerprint density at radius 1 is 1.47 bits per heavy atom. The molecule has 0 aliphatic carbocycles. The van der Waals surface area contributed by atoms with Gasteiger partial charge in [0.15, 0.2) is 11.5 Å². The first-order valence-corrected chi connectivity index (χ1v) is 8.52. The largest absolute Gasteiger partial charge is 0.503 e. The Balaban J connectivity index is 1.96. The van der Waals surface area contributed by atoms with Crippen molar-refractivity contribution in [3.05, 3.63) is 22.2 Å². The van der Waals surface area contributed by atoms with Gasteiger partial charge < -0.3 is 15.2 Å². The van der Waals surface area contributed by atoms with Crippen LogP contribution >= 0.6 is 15.9 Å². The van der Waals surface area contributed by atoms with E-state index in [-0.39, 0.29) is 5.75 Å². The predicted octanol–water partition coefficient (Wildman–Crippen LogP) is 2.16. The molecule has 1 aromatic carbocycles. The van der Waals surface area contributed by atoms with Gasteiger partial charge in [0, 0.05) is 34.9 Å². The second-order valence-electron chi connectivity index (χ2n) is 4.63. The van der Waals surface area contributed by atoms with E-state index in [0.29, 0.717) is 22.8 Å². The van der Waals surface area contributed by atoms with E-state index in [0.717, 1.165) is 29.9 Å². The molecule has 1 aromatic rings. The van der Waals surface area contributed by atoms with Gasteiger partial charge in [-0.3, -0.25) is 4.21 Å². The van der Waals surface area contributed by atoms with Crippen molar-refractivity contribution in [3.8, 4) is 11.5 Å². The fourth-order valence-electron chi connectivity index (χ4n) is 2.15. The molecule has 0 saturated carbocycles. The van der Waals surface area contributed by atoms with Crippen LogP contribution in [0.15, 0.2) is 16.6 Å². The number of ether oxygens (including phenoxy) is 1. The van der Waals surface area contributed by atoms with Crippen molar-refractivity contribution < 1.29 is 14.1 Å². The number of hydrogen-bond donors (Lipinski definition) is 2. The van der Waals surface area contributed by atoms with Crippen molar-refractivity contribution in [1.29, 1.82) is 0 Å². The minimum atomic E-state index is -0.621. The van der Waals surface area contributed by atoms with Gasteiger partial charge in [0.05, 0.1) is 11.6 Å². The Hall–Kier alpha value is -0.590. The molecule has 4 nitrogen and oxygen atoms in total. The minimum Gasteiger partial charge on any atom is -0.503 e. The third-order valence-electron chi connectivity index (χ3n) is 3.29. The third kappa shape index (κ3) is 3.94. The number of aromatic hydroxyl groups is 1. The van der Waals surface area contributed by atoms with Crippen LogP contribution in [-0.4, -0.2) is 34.0 Å². The van der Waals surface area contributed by atoms with Crippen molar-refractivity contribution >= 4 is 26.7 Å². The summed E-state index contributed by atoms with van der Waals surface area (Å²) in [6, 6.07) is 4.14. The maximum absolute atomic E-state index is 11.3. The minimum absolute atomic E-state index is 0.124. The highest BCUT2D eigenvalue weighted by atomic mass is 79.9. The van der Waals surface area contributed by atoms with Crippen molar-refractivity contribution in [2.24, 2.45) is 0 Å². The molecule has 0 atom stereocenters. The highest BCUT2D eigenvalue weighted by Gasteiger charge is 2.17. The summed E-state index contributed by atoms with van der Waals surface area (Å²) in [6.07, 6.45) is 1.92. The Morgan fingerprint density at radius 2 is 2.16 bits per heavy atom. The SMILES string of the molecule is COc1cc(CNC2CCS(=O)CC2)cc(Br)c1O. The lowest BCUT2D eigenvalue weighted by molar-refractivity contribution is 0.371. The standard InChI is InChI=1S/C13H18BrNO3S/c1-18-12-7-9(6-11(14)13(12)16)8-15-10-2-4-19(17)5-3-10/h6-7,10,15-16H,2-5,8H2,1H3. The van der Waals surface area contributed by atoms with Crippen molar-refractivity contribution in [3.63, 3.8) is 0 Å². The normalized spacial score (nSPS) is 23.3. The van der Waals surface area contributed by atoms with Gasteiger partial charge in [0.1, 0.15) is 0 Å². The highest BCUT2D eigenvalue weighted by Crippen LogP contribution is 2.35. The van der Waals surface area contributed by atoms with Gasteiger partial charge in [-0.05, 0) is 46.5 Å². The molecule has 1 fully saturated rings. The number of nitrogens with one attached hydrogen (secondary N) is 1. The maximum atomic E-state index is 11.3. The van der Waals surface area contributed by atoms with E-state index in [1.165, 1.54) is 7.11 Å². The zero-order valence-electron chi connectivity index (χ0n) is 10.8. The van der Waals surface area contributed by atoms with Gasteiger partial charge in [-0.25, -0.2) is 0 Å². The van der Waals surface area contributed by atoms with Crippen LogP contribution in [0.1, 0.15) is 18.4 Å². The Bertz CT molecular complexity index is 471. The second-order valence-corrected chi connectivity index (χ2v) is 7.18. The quantitative estimate of drug-likeness (QED) is 0.876. The lowest BCUT2D eigenvalue weighted by Crippen LogP contribution is -2.35. The zero-order valence-corrected chi connectivity index (χ0v) is 13.2. The van der Waals surface area contributed by atoms with E-state index in [2.05, 4.69) is 21.2 Å². The summed E-state index contributed by atoms with van der Waals surface area (Å²) in [5, 5.41) is 13.2. The van der Waals surface area contributed by atoms with Crippen molar-refractivity contribution in [2.75, 3.05) is 18.6 Å². The van der Waals surface area contributed by atoms with Crippen LogP contribution in [0.25, 0.3) is 0 Å². The lowest BCUT2D eigenvalue weighted by Gasteiger charge is -2.22. The molecule has 0 radical (unpaired) electrons. The van der Waals surface area contributed by atoms with Gasteiger partial charge >= 0.3 is 0 Å². The van der Waals surface area contributed by atoms with Gasteiger partial charge in [-0.2, -0.15) is 0 Å². The molecular formula is C13H18BrNO3S. The van der Waals surface area contributed by atoms with E-state index in [1.54, 1.807) is 0 Å². The van der Waals surface area contributed by atoms with Crippen molar-refractivity contribution in [2.45, 2.75) is 25.4 Å². The van der Waals surface area contributed by atoms with Gasteiger partial charge in [0.2, 0.25) is 0 Å². The Morgan fingerprint density at radius 3 is 2.79 bits per heavy atom. The molecule has 2 rings (SSSR count). The van der Waals surface area contributed by atoms with Crippen LogP contribution in [0.5, 0.6) is 11.5 Å². The fourth-order valence-corrected chi connectivity index (χ4v) is 3.93. The Kier molecular flexibility index (Phi) is 5.24. The molecule has 106 valence electrons. The predicted molar refractivity (Wildman–Crippen MR) is 80.1 cm³/mol. The summed E-state index contributed by atoms with van der Waals surface area (Å²) >= 11 is 3.31. The number of methoxy groups -OCH3 is 1. The summed E-state index contributed by atoms with van der Waals surface area (Å²) in [5.74, 6) is 2.18. The molecular weight excluding hydrogens is 330 g/mol. The topological polar surface area (TPSA) is 58.6 Å². The molecule has 0 amide bonds. The van der Waals surface area contributed by atoms with Crippen LogP contribution in [0, 0.1) is 0 Å².